The van der Waals surface area contributed by atoms with Crippen LogP contribution in [-0.2, 0) is 4.74 Å². The molecule has 2 aromatic heterocycles. The summed E-state index contributed by atoms with van der Waals surface area (Å²) in [6.07, 6.45) is 4.68. The van der Waals surface area contributed by atoms with Gasteiger partial charge in [-0.3, -0.25) is 0 Å². The van der Waals surface area contributed by atoms with E-state index in [0.717, 1.165) is 12.8 Å². The Hall–Kier alpha value is -2.46. The maximum absolute atomic E-state index is 9.25. The fourth-order valence-electron chi connectivity index (χ4n) is 2.17. The highest BCUT2D eigenvalue weighted by atomic mass is 16.5. The van der Waals surface area contributed by atoms with Crippen LogP contribution >= 0.6 is 0 Å². The average molecular weight is 256 g/mol. The predicted octanol–water partition coefficient (Wildman–Crippen LogP) is 0.968. The van der Waals surface area contributed by atoms with Crippen molar-refractivity contribution in [3.8, 4) is 11.9 Å². The third kappa shape index (κ3) is 1.92. The minimum Gasteiger partial charge on any atom is -0.382 e. The molecule has 2 N–H and O–H groups in total. The highest BCUT2D eigenvalue weighted by Crippen LogP contribution is 2.32. The molecule has 0 aliphatic carbocycles. The molecule has 0 aromatic carbocycles. The number of rotatable bonds is 2. The first-order valence-corrected chi connectivity index (χ1v) is 5.97. The lowest BCUT2D eigenvalue weighted by atomic mass is 10.1. The summed E-state index contributed by atoms with van der Waals surface area (Å²) in [5.74, 6) is 0.819. The van der Waals surface area contributed by atoms with E-state index in [1.54, 1.807) is 12.3 Å². The molecule has 1 fully saturated rings. The molecule has 0 amide bonds. The summed E-state index contributed by atoms with van der Waals surface area (Å²) in [6, 6.07) is 3.78. The first-order chi connectivity index (χ1) is 9.31. The Labute approximate surface area is 109 Å². The summed E-state index contributed by atoms with van der Waals surface area (Å²) in [5.41, 5.74) is 6.94. The van der Waals surface area contributed by atoms with Gasteiger partial charge in [0.25, 0.3) is 0 Å². The van der Waals surface area contributed by atoms with Crippen LogP contribution in [0.25, 0.3) is 5.82 Å². The molecule has 0 radical (unpaired) electrons. The van der Waals surface area contributed by atoms with E-state index in [-0.39, 0.29) is 11.9 Å². The lowest BCUT2D eigenvalue weighted by molar-refractivity contribution is 0.108. The maximum atomic E-state index is 9.25. The zero-order valence-electron chi connectivity index (χ0n) is 10.2. The molecule has 7 heteroatoms. The lowest BCUT2D eigenvalue weighted by Crippen LogP contribution is -2.05. The summed E-state index contributed by atoms with van der Waals surface area (Å²) in [6.45, 7) is 0.690. The number of nitrogen functional groups attached to an aromatic ring is 1. The van der Waals surface area contributed by atoms with Gasteiger partial charge in [0.1, 0.15) is 35.6 Å². The van der Waals surface area contributed by atoms with E-state index in [1.165, 1.54) is 11.0 Å². The standard InChI is InChI=1S/C12H12N6O/c13-6-8-11(9-2-1-5-19-9)17-18(12(8)14)10-3-4-15-7-16-10/h3-4,7,9H,1-2,5,14H2/t9-/m1/s1. The summed E-state index contributed by atoms with van der Waals surface area (Å²) < 4.78 is 7.03. The minimum absolute atomic E-state index is 0.153. The lowest BCUT2D eigenvalue weighted by Gasteiger charge is -2.05. The molecule has 1 aliphatic heterocycles. The van der Waals surface area contributed by atoms with Gasteiger partial charge < -0.3 is 10.5 Å². The van der Waals surface area contributed by atoms with Crippen molar-refractivity contribution in [1.82, 2.24) is 19.7 Å². The van der Waals surface area contributed by atoms with Gasteiger partial charge in [-0.25, -0.2) is 9.97 Å². The van der Waals surface area contributed by atoms with Crippen molar-refractivity contribution in [2.75, 3.05) is 12.3 Å². The SMILES string of the molecule is N#Cc1c([C@H]2CCCO2)nn(-c2ccncn2)c1N. The molecular weight excluding hydrogens is 244 g/mol. The monoisotopic (exact) mass is 256 g/mol. The molecule has 96 valence electrons. The second-order valence-corrected chi connectivity index (χ2v) is 4.24. The van der Waals surface area contributed by atoms with Crippen LogP contribution in [0.3, 0.4) is 0 Å². The number of hydrogen-bond acceptors (Lipinski definition) is 6. The number of nitriles is 1. The zero-order valence-corrected chi connectivity index (χ0v) is 10.2. The molecule has 2 aromatic rings. The van der Waals surface area contributed by atoms with Crippen LogP contribution in [0.5, 0.6) is 0 Å². The maximum Gasteiger partial charge on any atom is 0.159 e. The van der Waals surface area contributed by atoms with Crippen molar-refractivity contribution in [3.63, 3.8) is 0 Å². The molecule has 0 unspecified atom stereocenters. The van der Waals surface area contributed by atoms with Crippen LogP contribution in [0, 0.1) is 11.3 Å². The van der Waals surface area contributed by atoms with E-state index in [0.29, 0.717) is 23.7 Å². The second-order valence-electron chi connectivity index (χ2n) is 4.24. The van der Waals surface area contributed by atoms with Crippen molar-refractivity contribution >= 4 is 5.82 Å². The first-order valence-electron chi connectivity index (χ1n) is 5.97. The van der Waals surface area contributed by atoms with E-state index in [2.05, 4.69) is 21.1 Å². The Morgan fingerprint density at radius 2 is 2.42 bits per heavy atom. The molecule has 0 spiro atoms. The quantitative estimate of drug-likeness (QED) is 0.858. The van der Waals surface area contributed by atoms with Crippen molar-refractivity contribution in [2.45, 2.75) is 18.9 Å². The third-order valence-corrected chi connectivity index (χ3v) is 3.08. The average Bonchev–Trinajstić information content (AvgIpc) is 3.07. The number of aromatic nitrogens is 4. The van der Waals surface area contributed by atoms with E-state index in [9.17, 15) is 5.26 Å². The fraction of sp³-hybridized carbons (Fsp3) is 0.333. The van der Waals surface area contributed by atoms with Crippen LogP contribution in [0.2, 0.25) is 0 Å². The van der Waals surface area contributed by atoms with Gasteiger partial charge >= 0.3 is 0 Å². The number of hydrogen-bond donors (Lipinski definition) is 1. The van der Waals surface area contributed by atoms with Crippen LogP contribution in [-0.4, -0.2) is 26.4 Å². The van der Waals surface area contributed by atoms with Crippen molar-refractivity contribution in [3.05, 3.63) is 29.8 Å². The van der Waals surface area contributed by atoms with E-state index in [1.807, 2.05) is 0 Å². The fourth-order valence-corrected chi connectivity index (χ4v) is 2.17. The van der Waals surface area contributed by atoms with E-state index >= 15 is 0 Å². The first kappa shape index (κ1) is 11.6. The molecule has 0 saturated carbocycles. The van der Waals surface area contributed by atoms with Crippen LogP contribution in [0.15, 0.2) is 18.6 Å². The molecule has 3 heterocycles. The molecule has 1 saturated heterocycles. The van der Waals surface area contributed by atoms with Crippen molar-refractivity contribution in [1.29, 1.82) is 5.26 Å². The highest BCUT2D eigenvalue weighted by molar-refractivity contribution is 5.55. The second kappa shape index (κ2) is 4.66. The van der Waals surface area contributed by atoms with Gasteiger partial charge in [0, 0.05) is 18.9 Å². The van der Waals surface area contributed by atoms with Gasteiger partial charge in [-0.1, -0.05) is 0 Å². The van der Waals surface area contributed by atoms with Gasteiger partial charge in [-0.2, -0.15) is 15.0 Å². The summed E-state index contributed by atoms with van der Waals surface area (Å²) in [5, 5.41) is 13.6. The third-order valence-electron chi connectivity index (χ3n) is 3.08. The molecular formula is C12H12N6O. The molecule has 19 heavy (non-hydrogen) atoms. The Bertz CT molecular complexity index is 624. The number of ether oxygens (including phenoxy) is 1. The topological polar surface area (TPSA) is 103 Å². The Kier molecular flexibility index (Phi) is 2.85. The van der Waals surface area contributed by atoms with Crippen LogP contribution in [0.4, 0.5) is 5.82 Å². The zero-order chi connectivity index (χ0) is 13.2. The van der Waals surface area contributed by atoms with Crippen molar-refractivity contribution in [2.24, 2.45) is 0 Å². The Balaban J connectivity index is 2.10. The molecule has 0 bridgehead atoms. The van der Waals surface area contributed by atoms with Crippen LogP contribution < -0.4 is 5.73 Å². The van der Waals surface area contributed by atoms with E-state index in [4.69, 9.17) is 10.5 Å². The number of nitrogens with two attached hydrogens (primary N) is 1. The minimum atomic E-state index is -0.153. The molecule has 1 atom stereocenters. The largest absolute Gasteiger partial charge is 0.382 e. The molecule has 1 aliphatic rings. The van der Waals surface area contributed by atoms with Gasteiger partial charge in [-0.05, 0) is 12.8 Å². The van der Waals surface area contributed by atoms with Crippen molar-refractivity contribution < 1.29 is 4.74 Å². The van der Waals surface area contributed by atoms with E-state index < -0.39 is 0 Å². The van der Waals surface area contributed by atoms with Gasteiger partial charge in [-0.15, -0.1) is 0 Å². The van der Waals surface area contributed by atoms with Gasteiger partial charge in [0.2, 0.25) is 0 Å². The Morgan fingerprint density at radius 3 is 3.05 bits per heavy atom. The predicted molar refractivity (Wildman–Crippen MR) is 66.2 cm³/mol. The molecule has 3 rings (SSSR count). The molecule has 7 nitrogen and oxygen atoms in total. The summed E-state index contributed by atoms with van der Waals surface area (Å²) >= 11 is 0. The summed E-state index contributed by atoms with van der Waals surface area (Å²) in [4.78, 5) is 7.93. The van der Waals surface area contributed by atoms with Gasteiger partial charge in [0.05, 0.1) is 0 Å². The number of nitrogens with zero attached hydrogens (tertiary/aromatic N) is 5. The summed E-state index contributed by atoms with van der Waals surface area (Å²) in [7, 11) is 0. The van der Waals surface area contributed by atoms with Gasteiger partial charge in [0.15, 0.2) is 5.82 Å². The van der Waals surface area contributed by atoms with Crippen LogP contribution in [0.1, 0.15) is 30.2 Å². The highest BCUT2D eigenvalue weighted by Gasteiger charge is 2.27. The number of anilines is 1. The Morgan fingerprint density at radius 1 is 1.53 bits per heavy atom. The normalized spacial score (nSPS) is 18.4. The smallest absolute Gasteiger partial charge is 0.159 e.